The standard InChI is InChI=1S/C11H13BrFNO3/c1-16-11(15)3-2-4-17-10-6-8(13)7(12)5-9(10)14/h5-6H,2-4,14H2,1H3. The first kappa shape index (κ1) is 13.8. The van der Waals surface area contributed by atoms with Gasteiger partial charge in [-0.15, -0.1) is 0 Å². The number of hydrogen-bond donors (Lipinski definition) is 1. The van der Waals surface area contributed by atoms with Gasteiger partial charge in [0.25, 0.3) is 0 Å². The summed E-state index contributed by atoms with van der Waals surface area (Å²) >= 11 is 3.02. The molecular formula is C11H13BrFNO3. The van der Waals surface area contributed by atoms with E-state index in [9.17, 15) is 9.18 Å². The minimum absolute atomic E-state index is 0.259. The zero-order valence-corrected chi connectivity index (χ0v) is 10.9. The highest BCUT2D eigenvalue weighted by atomic mass is 79.9. The molecule has 0 spiro atoms. The smallest absolute Gasteiger partial charge is 0.305 e. The molecule has 0 heterocycles. The molecule has 0 aromatic heterocycles. The van der Waals surface area contributed by atoms with E-state index in [1.165, 1.54) is 19.2 Å². The lowest BCUT2D eigenvalue weighted by Crippen LogP contribution is -2.05. The summed E-state index contributed by atoms with van der Waals surface area (Å²) in [4.78, 5) is 10.8. The third kappa shape index (κ3) is 4.22. The van der Waals surface area contributed by atoms with Gasteiger partial charge < -0.3 is 15.2 Å². The van der Waals surface area contributed by atoms with Crippen LogP contribution in [0.25, 0.3) is 0 Å². The number of ether oxygens (including phenoxy) is 2. The third-order valence-electron chi connectivity index (χ3n) is 2.06. The van der Waals surface area contributed by atoms with Crippen LogP contribution in [0.5, 0.6) is 5.75 Å². The van der Waals surface area contributed by atoms with Gasteiger partial charge in [0.1, 0.15) is 11.6 Å². The monoisotopic (exact) mass is 305 g/mol. The number of nitrogen functional groups attached to an aromatic ring is 1. The Morgan fingerprint density at radius 1 is 1.53 bits per heavy atom. The highest BCUT2D eigenvalue weighted by molar-refractivity contribution is 9.10. The Hall–Kier alpha value is -1.30. The lowest BCUT2D eigenvalue weighted by atomic mass is 10.3. The van der Waals surface area contributed by atoms with Crippen molar-refractivity contribution in [3.05, 3.63) is 22.4 Å². The van der Waals surface area contributed by atoms with Crippen molar-refractivity contribution in [3.63, 3.8) is 0 Å². The molecule has 0 aliphatic carbocycles. The van der Waals surface area contributed by atoms with Crippen LogP contribution in [0.4, 0.5) is 10.1 Å². The van der Waals surface area contributed by atoms with E-state index in [0.717, 1.165) is 0 Å². The van der Waals surface area contributed by atoms with Gasteiger partial charge in [-0.3, -0.25) is 4.79 Å². The van der Waals surface area contributed by atoms with Crippen molar-refractivity contribution in [3.8, 4) is 5.75 Å². The Kier molecular flexibility index (Phi) is 5.21. The average molecular weight is 306 g/mol. The number of carbonyl (C=O) groups is 1. The molecule has 17 heavy (non-hydrogen) atoms. The van der Waals surface area contributed by atoms with Gasteiger partial charge in [0.2, 0.25) is 0 Å². The number of benzene rings is 1. The number of esters is 1. The van der Waals surface area contributed by atoms with Gasteiger partial charge in [-0.25, -0.2) is 4.39 Å². The van der Waals surface area contributed by atoms with Gasteiger partial charge in [-0.05, 0) is 28.4 Å². The van der Waals surface area contributed by atoms with E-state index >= 15 is 0 Å². The van der Waals surface area contributed by atoms with Crippen LogP contribution < -0.4 is 10.5 Å². The second kappa shape index (κ2) is 6.44. The highest BCUT2D eigenvalue weighted by Crippen LogP contribution is 2.28. The predicted octanol–water partition coefficient (Wildman–Crippen LogP) is 2.50. The van der Waals surface area contributed by atoms with E-state index in [4.69, 9.17) is 10.5 Å². The highest BCUT2D eigenvalue weighted by Gasteiger charge is 2.07. The number of rotatable bonds is 5. The van der Waals surface area contributed by atoms with Crippen LogP contribution in [0.3, 0.4) is 0 Å². The molecule has 1 aromatic rings. The quantitative estimate of drug-likeness (QED) is 0.516. The molecule has 6 heteroatoms. The molecular weight excluding hydrogens is 293 g/mol. The molecule has 0 aliphatic rings. The maximum absolute atomic E-state index is 13.2. The van der Waals surface area contributed by atoms with Crippen molar-refractivity contribution in [1.82, 2.24) is 0 Å². The second-order valence-electron chi connectivity index (χ2n) is 3.33. The Morgan fingerprint density at radius 3 is 2.88 bits per heavy atom. The minimum Gasteiger partial charge on any atom is -0.491 e. The van der Waals surface area contributed by atoms with Gasteiger partial charge >= 0.3 is 5.97 Å². The first-order chi connectivity index (χ1) is 8.04. The molecule has 94 valence electrons. The van der Waals surface area contributed by atoms with Crippen molar-refractivity contribution in [2.45, 2.75) is 12.8 Å². The molecule has 0 saturated heterocycles. The van der Waals surface area contributed by atoms with E-state index < -0.39 is 5.82 Å². The van der Waals surface area contributed by atoms with Crippen LogP contribution in [0.15, 0.2) is 16.6 Å². The Bertz CT molecular complexity index is 412. The van der Waals surface area contributed by atoms with Crippen LogP contribution in [-0.4, -0.2) is 19.7 Å². The molecule has 0 amide bonds. The Labute approximate surface area is 107 Å². The van der Waals surface area contributed by atoms with E-state index in [1.54, 1.807) is 0 Å². The lowest BCUT2D eigenvalue weighted by molar-refractivity contribution is -0.140. The summed E-state index contributed by atoms with van der Waals surface area (Å²) < 4.78 is 23.2. The minimum atomic E-state index is -0.442. The van der Waals surface area contributed by atoms with Gasteiger partial charge in [0.05, 0.1) is 23.9 Å². The summed E-state index contributed by atoms with van der Waals surface area (Å²) in [6.45, 7) is 0.278. The van der Waals surface area contributed by atoms with Crippen LogP contribution in [0, 0.1) is 5.82 Å². The molecule has 1 aromatic carbocycles. The third-order valence-corrected chi connectivity index (χ3v) is 2.67. The number of nitrogens with two attached hydrogens (primary N) is 1. The summed E-state index contributed by atoms with van der Waals surface area (Å²) in [6.07, 6.45) is 0.749. The van der Waals surface area contributed by atoms with Gasteiger partial charge in [-0.2, -0.15) is 0 Å². The number of anilines is 1. The maximum atomic E-state index is 13.2. The molecule has 1 rings (SSSR count). The molecule has 0 radical (unpaired) electrons. The molecule has 0 atom stereocenters. The van der Waals surface area contributed by atoms with Gasteiger partial charge in [-0.1, -0.05) is 0 Å². The summed E-state index contributed by atoms with van der Waals surface area (Å²) in [6, 6.07) is 2.64. The molecule has 0 aliphatic heterocycles. The Morgan fingerprint density at radius 2 is 2.24 bits per heavy atom. The first-order valence-corrected chi connectivity index (χ1v) is 5.78. The molecule has 0 saturated carbocycles. The fourth-order valence-corrected chi connectivity index (χ4v) is 1.53. The molecule has 4 nitrogen and oxygen atoms in total. The molecule has 0 unspecified atom stereocenters. The van der Waals surface area contributed by atoms with E-state index in [2.05, 4.69) is 20.7 Å². The van der Waals surface area contributed by atoms with Crippen molar-refractivity contribution in [2.75, 3.05) is 19.5 Å². The second-order valence-corrected chi connectivity index (χ2v) is 4.19. The molecule has 0 bridgehead atoms. The molecule has 2 N–H and O–H groups in total. The Balaban J connectivity index is 2.47. The predicted molar refractivity (Wildman–Crippen MR) is 65.3 cm³/mol. The first-order valence-electron chi connectivity index (χ1n) is 4.98. The topological polar surface area (TPSA) is 61.5 Å². The fraction of sp³-hybridized carbons (Fsp3) is 0.364. The van der Waals surface area contributed by atoms with E-state index in [1.807, 2.05) is 0 Å². The largest absolute Gasteiger partial charge is 0.491 e. The van der Waals surface area contributed by atoms with Crippen molar-refractivity contribution >= 4 is 27.6 Å². The van der Waals surface area contributed by atoms with Gasteiger partial charge in [0, 0.05) is 12.5 Å². The van der Waals surface area contributed by atoms with Crippen LogP contribution in [0.2, 0.25) is 0 Å². The normalized spacial score (nSPS) is 10.1. The zero-order chi connectivity index (χ0) is 12.8. The van der Waals surface area contributed by atoms with Crippen molar-refractivity contribution in [2.24, 2.45) is 0 Å². The van der Waals surface area contributed by atoms with E-state index in [-0.39, 0.29) is 29.2 Å². The average Bonchev–Trinajstić information content (AvgIpc) is 2.30. The summed E-state index contributed by atoms with van der Waals surface area (Å²) in [7, 11) is 1.32. The SMILES string of the molecule is COC(=O)CCCOc1cc(F)c(Br)cc1N. The summed E-state index contributed by atoms with van der Waals surface area (Å²) in [5.41, 5.74) is 5.99. The fourth-order valence-electron chi connectivity index (χ4n) is 1.17. The van der Waals surface area contributed by atoms with Crippen molar-refractivity contribution < 1.29 is 18.7 Å². The number of carbonyl (C=O) groups excluding carboxylic acids is 1. The van der Waals surface area contributed by atoms with Crippen LogP contribution in [0.1, 0.15) is 12.8 Å². The van der Waals surface area contributed by atoms with Gasteiger partial charge in [0.15, 0.2) is 0 Å². The maximum Gasteiger partial charge on any atom is 0.305 e. The number of methoxy groups -OCH3 is 1. The summed E-state index contributed by atoms with van der Waals surface area (Å²) in [5, 5.41) is 0. The van der Waals surface area contributed by atoms with Crippen LogP contribution >= 0.6 is 15.9 Å². The lowest BCUT2D eigenvalue weighted by Gasteiger charge is -2.09. The van der Waals surface area contributed by atoms with Crippen LogP contribution in [-0.2, 0) is 9.53 Å². The molecule has 0 fully saturated rings. The number of halogens is 2. The van der Waals surface area contributed by atoms with Crippen molar-refractivity contribution in [1.29, 1.82) is 0 Å². The number of hydrogen-bond acceptors (Lipinski definition) is 4. The summed E-state index contributed by atoms with van der Waals surface area (Å²) in [5.74, 6) is -0.471. The van der Waals surface area contributed by atoms with E-state index in [0.29, 0.717) is 12.1 Å². The zero-order valence-electron chi connectivity index (χ0n) is 9.33.